The third-order valence-electron chi connectivity index (χ3n) is 7.45. The van der Waals surface area contributed by atoms with Crippen molar-refractivity contribution in [3.63, 3.8) is 0 Å². The zero-order chi connectivity index (χ0) is 25.0. The summed E-state index contributed by atoms with van der Waals surface area (Å²) in [5.41, 5.74) is 2.14. The van der Waals surface area contributed by atoms with E-state index in [0.29, 0.717) is 12.8 Å². The van der Waals surface area contributed by atoms with Crippen LogP contribution in [-0.2, 0) is 21.4 Å². The SMILES string of the molecule is Cc1nc2cc([C@H]3C/C=C\CCC[C@@H](C)[C@H](O)[C@@H](C)C(=O)C(C)(C)CCC(=O)O3)ccc2n1C. The maximum Gasteiger partial charge on any atom is 0.306 e. The molecule has 6 nitrogen and oxygen atoms in total. The van der Waals surface area contributed by atoms with Crippen LogP contribution in [0.1, 0.15) is 83.7 Å². The molecule has 1 N–H and O–H groups in total. The fourth-order valence-electron chi connectivity index (χ4n) is 4.88. The minimum atomic E-state index is -0.712. The van der Waals surface area contributed by atoms with Crippen LogP contribution in [0.15, 0.2) is 30.4 Å². The third kappa shape index (κ3) is 5.96. The van der Waals surface area contributed by atoms with Crippen molar-refractivity contribution in [3.8, 4) is 0 Å². The topological polar surface area (TPSA) is 81.4 Å². The van der Waals surface area contributed by atoms with Crippen LogP contribution in [0.4, 0.5) is 0 Å². The molecule has 0 aliphatic carbocycles. The van der Waals surface area contributed by atoms with E-state index in [9.17, 15) is 14.7 Å². The van der Waals surface area contributed by atoms with E-state index in [4.69, 9.17) is 4.74 Å². The molecular formula is C28H40N2O4. The molecule has 0 fully saturated rings. The van der Waals surface area contributed by atoms with Gasteiger partial charge in [-0.25, -0.2) is 4.98 Å². The van der Waals surface area contributed by atoms with Crippen molar-refractivity contribution in [1.29, 1.82) is 0 Å². The number of carbonyl (C=O) groups excluding carboxylic acids is 2. The maximum absolute atomic E-state index is 13.1. The van der Waals surface area contributed by atoms with Crippen molar-refractivity contribution in [2.24, 2.45) is 24.3 Å². The van der Waals surface area contributed by atoms with Gasteiger partial charge in [0.05, 0.1) is 17.1 Å². The van der Waals surface area contributed by atoms with Gasteiger partial charge in [0.1, 0.15) is 17.7 Å². The average Bonchev–Trinajstić information content (AvgIpc) is 3.09. The number of Topliss-reactive ketones (excluding diaryl/α,β-unsaturated/α-hetero) is 1. The van der Waals surface area contributed by atoms with Crippen molar-refractivity contribution >= 4 is 22.8 Å². The first-order valence-electron chi connectivity index (χ1n) is 12.5. The first-order chi connectivity index (χ1) is 16.0. The molecule has 4 atom stereocenters. The van der Waals surface area contributed by atoms with E-state index in [2.05, 4.69) is 17.1 Å². The molecule has 0 bridgehead atoms. The van der Waals surface area contributed by atoms with Gasteiger partial charge in [-0.3, -0.25) is 9.59 Å². The van der Waals surface area contributed by atoms with Crippen molar-refractivity contribution in [2.45, 2.75) is 85.4 Å². The van der Waals surface area contributed by atoms with Gasteiger partial charge in [0.2, 0.25) is 0 Å². The van der Waals surface area contributed by atoms with Crippen LogP contribution in [-0.4, -0.2) is 32.5 Å². The number of aliphatic hydroxyl groups excluding tert-OH is 1. The summed E-state index contributed by atoms with van der Waals surface area (Å²) in [5, 5.41) is 10.7. The van der Waals surface area contributed by atoms with E-state index in [0.717, 1.165) is 41.7 Å². The van der Waals surface area contributed by atoms with Gasteiger partial charge in [-0.1, -0.05) is 45.9 Å². The molecule has 2 heterocycles. The molecule has 0 saturated heterocycles. The number of allylic oxidation sites excluding steroid dienone is 1. The molecule has 1 aromatic carbocycles. The van der Waals surface area contributed by atoms with Gasteiger partial charge in [-0.05, 0) is 56.2 Å². The summed E-state index contributed by atoms with van der Waals surface area (Å²) in [6, 6.07) is 6.04. The molecule has 6 heteroatoms. The van der Waals surface area contributed by atoms with Crippen molar-refractivity contribution in [2.75, 3.05) is 0 Å². The third-order valence-corrected chi connectivity index (χ3v) is 7.45. The zero-order valence-corrected chi connectivity index (χ0v) is 21.5. The summed E-state index contributed by atoms with van der Waals surface area (Å²) < 4.78 is 7.98. The Morgan fingerprint density at radius 1 is 1.18 bits per heavy atom. The summed E-state index contributed by atoms with van der Waals surface area (Å²) in [5.74, 6) is 0.194. The molecular weight excluding hydrogens is 428 g/mol. The maximum atomic E-state index is 13.1. The molecule has 2 aromatic rings. The molecule has 34 heavy (non-hydrogen) atoms. The fourth-order valence-corrected chi connectivity index (χ4v) is 4.88. The van der Waals surface area contributed by atoms with Crippen LogP contribution in [0, 0.1) is 24.2 Å². The minimum Gasteiger partial charge on any atom is -0.457 e. The molecule has 186 valence electrons. The number of hydrogen-bond acceptors (Lipinski definition) is 5. The van der Waals surface area contributed by atoms with Gasteiger partial charge in [0.15, 0.2) is 0 Å². The lowest BCUT2D eigenvalue weighted by Crippen LogP contribution is -2.39. The highest BCUT2D eigenvalue weighted by atomic mass is 16.5. The lowest BCUT2D eigenvalue weighted by atomic mass is 9.74. The Labute approximate surface area is 203 Å². The van der Waals surface area contributed by atoms with Crippen molar-refractivity contribution < 1.29 is 19.4 Å². The van der Waals surface area contributed by atoms with E-state index in [1.54, 1.807) is 6.92 Å². The number of benzene rings is 1. The summed E-state index contributed by atoms with van der Waals surface area (Å²) in [6.45, 7) is 9.50. The largest absolute Gasteiger partial charge is 0.457 e. The van der Waals surface area contributed by atoms with Crippen molar-refractivity contribution in [3.05, 3.63) is 41.7 Å². The summed E-state index contributed by atoms with van der Waals surface area (Å²) in [7, 11) is 1.99. The first kappa shape index (κ1) is 26.1. The van der Waals surface area contributed by atoms with Gasteiger partial charge in [0, 0.05) is 31.2 Å². The smallest absolute Gasteiger partial charge is 0.306 e. The Hall–Kier alpha value is -2.47. The molecule has 0 amide bonds. The Morgan fingerprint density at radius 2 is 1.91 bits per heavy atom. The van der Waals surface area contributed by atoms with E-state index < -0.39 is 23.5 Å². The first-order valence-corrected chi connectivity index (χ1v) is 12.5. The molecule has 0 radical (unpaired) electrons. The van der Waals surface area contributed by atoms with E-state index in [1.165, 1.54) is 0 Å². The number of ketones is 1. The standard InChI is InChI=1S/C28H40N2O4/c1-18-11-9-7-8-10-12-24(21-13-14-23-22(17-21)29-20(3)30(23)6)34-25(31)15-16-28(4,5)27(33)19(2)26(18)32/h8,10,13-14,17-19,24,26,32H,7,9,11-12,15-16H2,1-6H3/b10-8-/t18-,19-,24-,26+/m1/s1. The molecule has 1 aromatic heterocycles. The number of carbonyl (C=O) groups is 2. The quantitative estimate of drug-likeness (QED) is 0.435. The second-order valence-electron chi connectivity index (χ2n) is 10.6. The van der Waals surface area contributed by atoms with Crippen molar-refractivity contribution in [1.82, 2.24) is 9.55 Å². The Bertz CT molecular complexity index is 1050. The summed E-state index contributed by atoms with van der Waals surface area (Å²) in [6.07, 6.45) is 6.92. The van der Waals surface area contributed by atoms with Crippen LogP contribution >= 0.6 is 0 Å². The van der Waals surface area contributed by atoms with Crippen LogP contribution in [0.5, 0.6) is 0 Å². The lowest BCUT2D eigenvalue weighted by molar-refractivity contribution is -0.150. The number of aromatic nitrogens is 2. The average molecular weight is 469 g/mol. The molecule has 1 aliphatic rings. The number of fused-ring (bicyclic) bond motifs is 1. The highest BCUT2D eigenvalue weighted by Gasteiger charge is 2.36. The van der Waals surface area contributed by atoms with Gasteiger partial charge in [-0.15, -0.1) is 0 Å². The second kappa shape index (κ2) is 10.9. The summed E-state index contributed by atoms with van der Waals surface area (Å²) in [4.78, 5) is 30.6. The highest BCUT2D eigenvalue weighted by molar-refractivity contribution is 5.87. The fraction of sp³-hybridized carbons (Fsp3) is 0.607. The number of esters is 1. The number of nitrogens with zero attached hydrogens (tertiary/aromatic N) is 2. The normalized spacial score (nSPS) is 28.6. The zero-order valence-electron chi connectivity index (χ0n) is 21.5. The Kier molecular flexibility index (Phi) is 8.34. The molecule has 3 rings (SSSR count). The molecule has 0 unspecified atom stereocenters. The van der Waals surface area contributed by atoms with Crippen LogP contribution in [0.2, 0.25) is 0 Å². The van der Waals surface area contributed by atoms with Gasteiger partial charge in [-0.2, -0.15) is 0 Å². The number of cyclic esters (lactones) is 1. The van der Waals surface area contributed by atoms with Crippen LogP contribution < -0.4 is 0 Å². The van der Waals surface area contributed by atoms with E-state index >= 15 is 0 Å². The second-order valence-corrected chi connectivity index (χ2v) is 10.6. The lowest BCUT2D eigenvalue weighted by Gasteiger charge is -2.31. The monoisotopic (exact) mass is 468 g/mol. The van der Waals surface area contributed by atoms with E-state index in [1.807, 2.05) is 57.5 Å². The summed E-state index contributed by atoms with van der Waals surface area (Å²) >= 11 is 0. The number of rotatable bonds is 1. The number of hydrogen-bond donors (Lipinski definition) is 1. The predicted molar refractivity (Wildman–Crippen MR) is 134 cm³/mol. The molecule has 0 spiro atoms. The van der Waals surface area contributed by atoms with Crippen LogP contribution in [0.25, 0.3) is 11.0 Å². The minimum absolute atomic E-state index is 0.000775. The van der Waals surface area contributed by atoms with E-state index in [-0.39, 0.29) is 24.1 Å². The number of aliphatic hydroxyl groups is 1. The van der Waals surface area contributed by atoms with Gasteiger partial charge < -0.3 is 14.4 Å². The molecule has 0 saturated carbocycles. The van der Waals surface area contributed by atoms with Crippen LogP contribution in [0.3, 0.4) is 0 Å². The Balaban J connectivity index is 1.84. The van der Waals surface area contributed by atoms with Gasteiger partial charge in [0.25, 0.3) is 0 Å². The number of aryl methyl sites for hydroxylation is 2. The van der Waals surface area contributed by atoms with Gasteiger partial charge >= 0.3 is 5.97 Å². The molecule has 1 aliphatic heterocycles. The Morgan fingerprint density at radius 3 is 2.65 bits per heavy atom. The number of imidazole rings is 1. The number of ether oxygens (including phenoxy) is 1. The predicted octanol–water partition coefficient (Wildman–Crippen LogP) is 5.60. The highest BCUT2D eigenvalue weighted by Crippen LogP contribution is 2.33.